The number of hydrogen-bond acceptors (Lipinski definition) is 2. The first-order valence-electron chi connectivity index (χ1n) is 2.49. The number of esters is 1. The zero-order valence-electron chi connectivity index (χ0n) is 4.98. The summed E-state index contributed by atoms with van der Waals surface area (Å²) in [5, 5.41) is 0. The first-order valence-corrected chi connectivity index (χ1v) is 3.40. The highest BCUT2D eigenvalue weighted by Crippen LogP contribution is 1.98. The van der Waals surface area contributed by atoms with Crippen LogP contribution in [0.25, 0.3) is 0 Å². The summed E-state index contributed by atoms with van der Waals surface area (Å²) in [7, 11) is 0. The molecule has 0 aromatic carbocycles. The predicted octanol–water partition coefficient (Wildman–Crippen LogP) is 1.33. The standard InChI is InChI=1S/C5H9BrO2/c1-3-8-5(7)4(2)6/h4H,3H2,1-2H3/t4-/m1/s1. The number of hydrogen-bond donors (Lipinski definition) is 0. The molecule has 0 aliphatic rings. The average Bonchev–Trinajstić information content (AvgIpc) is 1.67. The topological polar surface area (TPSA) is 26.3 Å². The SMILES string of the molecule is CCOC(=O)[C@@H](C)Br. The monoisotopic (exact) mass is 180 g/mol. The lowest BCUT2D eigenvalue weighted by Gasteiger charge is -2.00. The molecule has 0 amide bonds. The molecule has 0 saturated heterocycles. The number of rotatable bonds is 2. The van der Waals surface area contributed by atoms with E-state index in [2.05, 4.69) is 20.7 Å². The zero-order valence-corrected chi connectivity index (χ0v) is 6.56. The van der Waals surface area contributed by atoms with Crippen molar-refractivity contribution in [3.8, 4) is 0 Å². The van der Waals surface area contributed by atoms with Crippen LogP contribution in [-0.4, -0.2) is 17.4 Å². The molecule has 1 atom stereocenters. The van der Waals surface area contributed by atoms with Crippen LogP contribution in [0.3, 0.4) is 0 Å². The largest absolute Gasteiger partial charge is 0.465 e. The molecule has 0 unspecified atom stereocenters. The fourth-order valence-electron chi connectivity index (χ4n) is 0.257. The summed E-state index contributed by atoms with van der Waals surface area (Å²) in [6.45, 7) is 3.97. The van der Waals surface area contributed by atoms with Gasteiger partial charge in [0.1, 0.15) is 4.83 Å². The van der Waals surface area contributed by atoms with Crippen LogP contribution < -0.4 is 0 Å². The van der Waals surface area contributed by atoms with Gasteiger partial charge in [0.15, 0.2) is 0 Å². The maximum absolute atomic E-state index is 10.5. The van der Waals surface area contributed by atoms with Crippen molar-refractivity contribution in [3.63, 3.8) is 0 Å². The number of halogens is 1. The van der Waals surface area contributed by atoms with E-state index in [1.165, 1.54) is 0 Å². The summed E-state index contributed by atoms with van der Waals surface area (Å²) in [5.41, 5.74) is 0. The predicted molar refractivity (Wildman–Crippen MR) is 35.0 cm³/mol. The Labute approximate surface area is 57.3 Å². The fraction of sp³-hybridized carbons (Fsp3) is 0.800. The van der Waals surface area contributed by atoms with Gasteiger partial charge in [0.05, 0.1) is 6.61 Å². The number of ether oxygens (including phenoxy) is 1. The Hall–Kier alpha value is -0.0500. The molecule has 0 aliphatic heterocycles. The van der Waals surface area contributed by atoms with E-state index in [1.807, 2.05) is 0 Å². The molecule has 48 valence electrons. The van der Waals surface area contributed by atoms with Gasteiger partial charge in [-0.2, -0.15) is 0 Å². The number of alkyl halides is 1. The highest BCUT2D eigenvalue weighted by atomic mass is 79.9. The second-order valence-electron chi connectivity index (χ2n) is 1.37. The van der Waals surface area contributed by atoms with Crippen molar-refractivity contribution in [2.24, 2.45) is 0 Å². The Morgan fingerprint density at radius 2 is 2.38 bits per heavy atom. The summed E-state index contributed by atoms with van der Waals surface area (Å²) in [5.74, 6) is -0.201. The molecule has 0 saturated carbocycles. The normalized spacial score (nSPS) is 12.9. The van der Waals surface area contributed by atoms with Crippen LogP contribution in [0.2, 0.25) is 0 Å². The molecule has 0 aromatic heterocycles. The van der Waals surface area contributed by atoms with E-state index in [1.54, 1.807) is 13.8 Å². The van der Waals surface area contributed by atoms with Crippen LogP contribution in [0.5, 0.6) is 0 Å². The highest BCUT2D eigenvalue weighted by molar-refractivity contribution is 9.10. The summed E-state index contributed by atoms with van der Waals surface area (Å²) in [4.78, 5) is 10.3. The van der Waals surface area contributed by atoms with Crippen LogP contribution in [0.4, 0.5) is 0 Å². The summed E-state index contributed by atoms with van der Waals surface area (Å²) in [6, 6.07) is 0. The zero-order chi connectivity index (χ0) is 6.57. The molecule has 0 radical (unpaired) electrons. The van der Waals surface area contributed by atoms with Gasteiger partial charge >= 0.3 is 5.97 Å². The van der Waals surface area contributed by atoms with Gasteiger partial charge in [-0.1, -0.05) is 15.9 Å². The van der Waals surface area contributed by atoms with E-state index in [4.69, 9.17) is 0 Å². The van der Waals surface area contributed by atoms with Crippen LogP contribution in [0.15, 0.2) is 0 Å². The van der Waals surface area contributed by atoms with Gasteiger partial charge in [-0.05, 0) is 13.8 Å². The van der Waals surface area contributed by atoms with Gasteiger partial charge in [0, 0.05) is 0 Å². The van der Waals surface area contributed by atoms with Gasteiger partial charge in [0.2, 0.25) is 0 Å². The Balaban J connectivity index is 3.33. The van der Waals surface area contributed by atoms with Crippen LogP contribution in [0.1, 0.15) is 13.8 Å². The second-order valence-corrected chi connectivity index (χ2v) is 2.74. The molecule has 0 rings (SSSR count). The fourth-order valence-corrected chi connectivity index (χ4v) is 0.389. The van der Waals surface area contributed by atoms with Gasteiger partial charge in [0.25, 0.3) is 0 Å². The third-order valence-corrected chi connectivity index (χ3v) is 0.985. The van der Waals surface area contributed by atoms with E-state index < -0.39 is 0 Å². The minimum absolute atomic E-state index is 0.178. The van der Waals surface area contributed by atoms with Gasteiger partial charge in [-0.3, -0.25) is 4.79 Å². The molecule has 8 heavy (non-hydrogen) atoms. The maximum Gasteiger partial charge on any atom is 0.319 e. The third kappa shape index (κ3) is 3.02. The molecule has 0 aromatic rings. The van der Waals surface area contributed by atoms with Gasteiger partial charge in [-0.25, -0.2) is 0 Å². The molecular formula is C5H9BrO2. The Bertz CT molecular complexity index is 80.5. The van der Waals surface area contributed by atoms with E-state index in [9.17, 15) is 4.79 Å². The lowest BCUT2D eigenvalue weighted by molar-refractivity contribution is -0.141. The summed E-state index contributed by atoms with van der Waals surface area (Å²) >= 11 is 3.07. The molecular weight excluding hydrogens is 172 g/mol. The molecule has 0 aliphatic carbocycles. The van der Waals surface area contributed by atoms with Gasteiger partial charge < -0.3 is 4.74 Å². The Morgan fingerprint density at radius 1 is 1.88 bits per heavy atom. The summed E-state index contributed by atoms with van der Waals surface area (Å²) in [6.07, 6.45) is 0. The second kappa shape index (κ2) is 3.89. The average molecular weight is 181 g/mol. The van der Waals surface area contributed by atoms with E-state index in [0.29, 0.717) is 6.61 Å². The minimum Gasteiger partial charge on any atom is -0.465 e. The van der Waals surface area contributed by atoms with Crippen molar-refractivity contribution in [3.05, 3.63) is 0 Å². The molecule has 0 bridgehead atoms. The van der Waals surface area contributed by atoms with Crippen LogP contribution in [-0.2, 0) is 9.53 Å². The van der Waals surface area contributed by atoms with Crippen molar-refractivity contribution in [2.75, 3.05) is 6.61 Å². The molecule has 0 N–H and O–H groups in total. The maximum atomic E-state index is 10.5. The Kier molecular flexibility index (Phi) is 3.87. The molecule has 0 fully saturated rings. The molecule has 3 heteroatoms. The molecule has 2 nitrogen and oxygen atoms in total. The lowest BCUT2D eigenvalue weighted by Crippen LogP contribution is -2.13. The molecule has 0 spiro atoms. The van der Waals surface area contributed by atoms with E-state index in [0.717, 1.165) is 0 Å². The number of carbonyl (C=O) groups excluding carboxylic acids is 1. The van der Waals surface area contributed by atoms with Crippen molar-refractivity contribution >= 4 is 21.9 Å². The summed E-state index contributed by atoms with van der Waals surface area (Å²) < 4.78 is 4.62. The van der Waals surface area contributed by atoms with E-state index >= 15 is 0 Å². The first-order chi connectivity index (χ1) is 3.68. The quantitative estimate of drug-likeness (QED) is 0.474. The Morgan fingerprint density at radius 3 is 2.50 bits per heavy atom. The first kappa shape index (κ1) is 7.95. The van der Waals surface area contributed by atoms with Crippen molar-refractivity contribution in [2.45, 2.75) is 18.7 Å². The van der Waals surface area contributed by atoms with E-state index in [-0.39, 0.29) is 10.8 Å². The lowest BCUT2D eigenvalue weighted by atomic mass is 10.5. The highest BCUT2D eigenvalue weighted by Gasteiger charge is 2.07. The third-order valence-electron chi connectivity index (χ3n) is 0.611. The van der Waals surface area contributed by atoms with Crippen molar-refractivity contribution in [1.29, 1.82) is 0 Å². The van der Waals surface area contributed by atoms with Crippen molar-refractivity contribution in [1.82, 2.24) is 0 Å². The van der Waals surface area contributed by atoms with Crippen molar-refractivity contribution < 1.29 is 9.53 Å². The van der Waals surface area contributed by atoms with Gasteiger partial charge in [-0.15, -0.1) is 0 Å². The van der Waals surface area contributed by atoms with Crippen LogP contribution in [0, 0.1) is 0 Å². The minimum atomic E-state index is -0.201. The number of carbonyl (C=O) groups is 1. The molecule has 0 heterocycles. The van der Waals surface area contributed by atoms with Crippen LogP contribution >= 0.6 is 15.9 Å². The smallest absolute Gasteiger partial charge is 0.319 e.